The molecule has 3 nitrogen and oxygen atoms in total. The zero-order valence-corrected chi connectivity index (χ0v) is 17.5. The van der Waals surface area contributed by atoms with Gasteiger partial charge in [-0.25, -0.2) is 0 Å². The van der Waals surface area contributed by atoms with Crippen LogP contribution in [0.4, 0.5) is 0 Å². The number of allylic oxidation sites excluding steroid dienone is 2. The van der Waals surface area contributed by atoms with Crippen LogP contribution in [0.2, 0.25) is 0 Å². The number of aliphatic hydroxyl groups excluding tert-OH is 1. The van der Waals surface area contributed by atoms with E-state index >= 15 is 0 Å². The van der Waals surface area contributed by atoms with Gasteiger partial charge in [-0.05, 0) is 78.9 Å². The van der Waals surface area contributed by atoms with Crippen molar-refractivity contribution < 1.29 is 14.6 Å². The predicted octanol–water partition coefficient (Wildman–Crippen LogP) is 4.79. The normalized spacial score (nSPS) is 51.6. The van der Waals surface area contributed by atoms with Crippen LogP contribution in [0, 0.1) is 46.3 Å². The Morgan fingerprint density at radius 3 is 2.52 bits per heavy atom. The molecule has 3 saturated carbocycles. The molecule has 8 atom stereocenters. The van der Waals surface area contributed by atoms with E-state index in [2.05, 4.69) is 32.9 Å². The van der Waals surface area contributed by atoms with Crippen LogP contribution in [-0.2, 0) is 9.47 Å². The zero-order valence-electron chi connectivity index (χ0n) is 17.5. The number of rotatable bonds is 2. The smallest absolute Gasteiger partial charge is 0.172 e. The maximum absolute atomic E-state index is 9.85. The summed E-state index contributed by atoms with van der Waals surface area (Å²) in [7, 11) is 0. The minimum atomic E-state index is -0.334. The first-order valence-electron chi connectivity index (χ1n) is 11.5. The molecular weight excluding hydrogens is 336 g/mol. The molecule has 27 heavy (non-hydrogen) atoms. The van der Waals surface area contributed by atoms with E-state index in [0.29, 0.717) is 41.1 Å². The molecule has 1 heterocycles. The summed E-state index contributed by atoms with van der Waals surface area (Å²) in [4.78, 5) is 0. The van der Waals surface area contributed by atoms with Gasteiger partial charge in [0.15, 0.2) is 5.79 Å². The number of hydrogen-bond acceptors (Lipinski definition) is 3. The maximum atomic E-state index is 9.85. The van der Waals surface area contributed by atoms with Crippen molar-refractivity contribution in [1.82, 2.24) is 0 Å². The Labute approximate surface area is 164 Å². The van der Waals surface area contributed by atoms with E-state index < -0.39 is 0 Å². The van der Waals surface area contributed by atoms with Crippen LogP contribution in [0.3, 0.4) is 0 Å². The summed E-state index contributed by atoms with van der Waals surface area (Å²) in [6.45, 7) is 9.23. The van der Waals surface area contributed by atoms with Gasteiger partial charge in [-0.2, -0.15) is 0 Å². The van der Waals surface area contributed by atoms with Gasteiger partial charge < -0.3 is 14.6 Å². The van der Waals surface area contributed by atoms with E-state index in [1.54, 1.807) is 0 Å². The van der Waals surface area contributed by atoms with E-state index in [9.17, 15) is 5.11 Å². The standard InChI is InChI=1S/C24H38O3/c1-16(15-25)18-7-8-19-17-14-24(26-12-13-27-24)21-6-4-5-10-23(21,3)20(17)9-11-22(18,19)2/h4-5,16-21,25H,6-15H2,1-3H3/t16-,17+,18-,19+,20+,21+,22-,23-/m1/s1. The molecule has 1 N–H and O–H groups in total. The molecule has 152 valence electrons. The fourth-order valence-electron chi connectivity index (χ4n) is 8.83. The fraction of sp³-hybridized carbons (Fsp3) is 0.917. The average molecular weight is 375 g/mol. The SMILES string of the molecule is C[C@H](CO)[C@H]1CC[C@H]2[C@@H]3CC4(OCCO4)[C@H]4CC=CC[C@]4(C)[C@H]3CC[C@]12C. The largest absolute Gasteiger partial charge is 0.396 e. The third-order valence-electron chi connectivity index (χ3n) is 10.1. The molecule has 5 aliphatic rings. The molecule has 1 aliphatic heterocycles. The van der Waals surface area contributed by atoms with Crippen molar-refractivity contribution in [2.75, 3.05) is 19.8 Å². The van der Waals surface area contributed by atoms with Crippen LogP contribution < -0.4 is 0 Å². The van der Waals surface area contributed by atoms with Crippen molar-refractivity contribution in [2.45, 2.75) is 71.5 Å². The van der Waals surface area contributed by atoms with Crippen molar-refractivity contribution in [3.63, 3.8) is 0 Å². The van der Waals surface area contributed by atoms with E-state index in [1.165, 1.54) is 32.1 Å². The molecule has 1 spiro atoms. The lowest BCUT2D eigenvalue weighted by Gasteiger charge is -2.63. The minimum Gasteiger partial charge on any atom is -0.396 e. The minimum absolute atomic E-state index is 0.310. The van der Waals surface area contributed by atoms with Gasteiger partial charge in [0.1, 0.15) is 0 Å². The summed E-state index contributed by atoms with van der Waals surface area (Å²) in [5.74, 6) is 3.55. The molecule has 0 aromatic heterocycles. The molecule has 4 fully saturated rings. The topological polar surface area (TPSA) is 38.7 Å². The molecule has 4 aliphatic carbocycles. The van der Waals surface area contributed by atoms with E-state index in [0.717, 1.165) is 37.9 Å². The Hall–Kier alpha value is -0.380. The Kier molecular flexibility index (Phi) is 4.35. The first-order chi connectivity index (χ1) is 12.9. The van der Waals surface area contributed by atoms with Crippen molar-refractivity contribution in [2.24, 2.45) is 46.3 Å². The lowest BCUT2D eigenvalue weighted by atomic mass is 9.44. The summed E-state index contributed by atoms with van der Waals surface area (Å²) >= 11 is 0. The monoisotopic (exact) mass is 374 g/mol. The second-order valence-corrected chi connectivity index (χ2v) is 10.9. The third-order valence-corrected chi connectivity index (χ3v) is 10.1. The van der Waals surface area contributed by atoms with Crippen molar-refractivity contribution >= 4 is 0 Å². The lowest BCUT2D eigenvalue weighted by Crippen LogP contribution is -2.62. The number of fused-ring (bicyclic) bond motifs is 6. The second kappa shape index (κ2) is 6.31. The number of aliphatic hydroxyl groups is 1. The molecule has 1 saturated heterocycles. The van der Waals surface area contributed by atoms with Crippen molar-refractivity contribution in [3.05, 3.63) is 12.2 Å². The van der Waals surface area contributed by atoms with Gasteiger partial charge >= 0.3 is 0 Å². The van der Waals surface area contributed by atoms with Gasteiger partial charge in [-0.15, -0.1) is 0 Å². The van der Waals surface area contributed by atoms with E-state index in [1.807, 2.05) is 0 Å². The fourth-order valence-corrected chi connectivity index (χ4v) is 8.83. The summed E-state index contributed by atoms with van der Waals surface area (Å²) in [6, 6.07) is 0. The summed E-state index contributed by atoms with van der Waals surface area (Å²) in [5, 5.41) is 9.85. The van der Waals surface area contributed by atoms with Crippen LogP contribution in [-0.4, -0.2) is 30.7 Å². The zero-order chi connectivity index (χ0) is 18.9. The van der Waals surface area contributed by atoms with Gasteiger partial charge in [0.25, 0.3) is 0 Å². The Morgan fingerprint density at radius 1 is 1.04 bits per heavy atom. The molecule has 0 unspecified atom stereocenters. The molecule has 0 amide bonds. The van der Waals surface area contributed by atoms with Crippen LogP contribution >= 0.6 is 0 Å². The van der Waals surface area contributed by atoms with E-state index in [4.69, 9.17) is 9.47 Å². The van der Waals surface area contributed by atoms with Gasteiger partial charge in [0.2, 0.25) is 0 Å². The highest BCUT2D eigenvalue weighted by molar-refractivity contribution is 5.16. The van der Waals surface area contributed by atoms with Crippen LogP contribution in [0.5, 0.6) is 0 Å². The molecule has 3 heteroatoms. The Balaban J connectivity index is 1.52. The van der Waals surface area contributed by atoms with Gasteiger partial charge in [0, 0.05) is 18.9 Å². The maximum Gasteiger partial charge on any atom is 0.172 e. The van der Waals surface area contributed by atoms with Crippen molar-refractivity contribution in [3.8, 4) is 0 Å². The van der Waals surface area contributed by atoms with Crippen molar-refractivity contribution in [1.29, 1.82) is 0 Å². The van der Waals surface area contributed by atoms with Crippen LogP contribution in [0.1, 0.15) is 65.7 Å². The molecule has 0 bridgehead atoms. The Morgan fingerprint density at radius 2 is 1.78 bits per heavy atom. The predicted molar refractivity (Wildman–Crippen MR) is 106 cm³/mol. The average Bonchev–Trinajstić information content (AvgIpc) is 3.26. The summed E-state index contributed by atoms with van der Waals surface area (Å²) in [5.41, 5.74) is 0.695. The van der Waals surface area contributed by atoms with E-state index in [-0.39, 0.29) is 5.79 Å². The molecule has 0 aromatic rings. The quantitative estimate of drug-likeness (QED) is 0.706. The lowest BCUT2D eigenvalue weighted by molar-refractivity contribution is -0.284. The summed E-state index contributed by atoms with van der Waals surface area (Å²) in [6.07, 6.45) is 13.5. The van der Waals surface area contributed by atoms with Crippen LogP contribution in [0.25, 0.3) is 0 Å². The first-order valence-corrected chi connectivity index (χ1v) is 11.5. The van der Waals surface area contributed by atoms with Crippen LogP contribution in [0.15, 0.2) is 12.2 Å². The molecule has 0 aromatic carbocycles. The first kappa shape index (κ1) is 18.6. The highest BCUT2D eigenvalue weighted by Crippen LogP contribution is 2.70. The molecular formula is C24H38O3. The van der Waals surface area contributed by atoms with Gasteiger partial charge in [-0.1, -0.05) is 32.9 Å². The molecule has 0 radical (unpaired) electrons. The van der Waals surface area contributed by atoms with Gasteiger partial charge in [-0.3, -0.25) is 0 Å². The third kappa shape index (κ3) is 2.43. The number of hydrogen-bond donors (Lipinski definition) is 1. The Bertz CT molecular complexity index is 609. The summed E-state index contributed by atoms with van der Waals surface area (Å²) < 4.78 is 12.9. The molecule has 5 rings (SSSR count). The van der Waals surface area contributed by atoms with Gasteiger partial charge in [0.05, 0.1) is 13.2 Å². The second-order valence-electron chi connectivity index (χ2n) is 10.9. The highest BCUT2D eigenvalue weighted by atomic mass is 16.7. The highest BCUT2D eigenvalue weighted by Gasteiger charge is 2.66. The number of ether oxygens (including phenoxy) is 2.